The topological polar surface area (TPSA) is 74.6 Å². The maximum absolute atomic E-state index is 12.0. The Kier molecular flexibility index (Phi) is 5.84. The highest BCUT2D eigenvalue weighted by molar-refractivity contribution is 6.31. The van der Waals surface area contributed by atoms with Crippen molar-refractivity contribution in [1.29, 1.82) is 0 Å². The van der Waals surface area contributed by atoms with E-state index in [1.54, 1.807) is 18.2 Å². The lowest BCUT2D eigenvalue weighted by atomic mass is 10.0. The summed E-state index contributed by atoms with van der Waals surface area (Å²) in [5.74, 6) is -0.293. The molecule has 0 aliphatic heterocycles. The van der Waals surface area contributed by atoms with Crippen molar-refractivity contribution in [2.45, 2.75) is 13.3 Å². The van der Waals surface area contributed by atoms with E-state index in [2.05, 4.69) is 15.5 Å². The first-order chi connectivity index (χ1) is 13.0. The number of aromatic hydroxyl groups is 1. The number of hydrogen-bond acceptors (Lipinski definition) is 4. The van der Waals surface area contributed by atoms with Crippen LogP contribution in [-0.4, -0.2) is 22.2 Å². The number of rotatable bonds is 5. The minimum Gasteiger partial charge on any atom is -0.507 e. The van der Waals surface area contributed by atoms with Gasteiger partial charge < -0.3 is 5.11 Å². The quantitative estimate of drug-likeness (QED) is 0.517. The minimum atomic E-state index is -0.370. The number of hydrazone groups is 1. The summed E-state index contributed by atoms with van der Waals surface area (Å²) < 4.78 is 0. The molecule has 1 heterocycles. The van der Waals surface area contributed by atoms with Crippen LogP contribution in [0, 0.1) is 6.92 Å². The number of benzene rings is 2. The summed E-state index contributed by atoms with van der Waals surface area (Å²) in [6, 6.07) is 16.3. The average molecular weight is 380 g/mol. The molecule has 2 aromatic carbocycles. The number of carbonyl (C=O) groups is 1. The summed E-state index contributed by atoms with van der Waals surface area (Å²) in [7, 11) is 0. The van der Waals surface area contributed by atoms with E-state index in [0.717, 1.165) is 16.8 Å². The fraction of sp³-hybridized carbons (Fsp3) is 0.0952. The van der Waals surface area contributed by atoms with Gasteiger partial charge >= 0.3 is 0 Å². The van der Waals surface area contributed by atoms with Crippen LogP contribution in [0.15, 0.2) is 65.9 Å². The van der Waals surface area contributed by atoms with Crippen molar-refractivity contribution in [1.82, 2.24) is 10.4 Å². The molecule has 0 saturated carbocycles. The number of nitrogens with zero attached hydrogens (tertiary/aromatic N) is 2. The molecule has 0 radical (unpaired) electrons. The van der Waals surface area contributed by atoms with Crippen molar-refractivity contribution < 1.29 is 9.90 Å². The van der Waals surface area contributed by atoms with Crippen molar-refractivity contribution in [2.75, 3.05) is 0 Å². The Bertz CT molecular complexity index is 985. The molecule has 5 nitrogen and oxygen atoms in total. The number of pyridine rings is 1. The van der Waals surface area contributed by atoms with Crippen LogP contribution >= 0.6 is 11.6 Å². The Labute approximate surface area is 162 Å². The molecule has 6 heteroatoms. The van der Waals surface area contributed by atoms with Crippen LogP contribution in [0.5, 0.6) is 5.75 Å². The van der Waals surface area contributed by atoms with Crippen LogP contribution in [0.4, 0.5) is 0 Å². The number of halogens is 1. The number of hydrogen-bond donors (Lipinski definition) is 2. The highest BCUT2D eigenvalue weighted by atomic mass is 35.5. The summed E-state index contributed by atoms with van der Waals surface area (Å²) in [5.41, 5.74) is 6.14. The van der Waals surface area contributed by atoms with Gasteiger partial charge in [-0.25, -0.2) is 5.43 Å². The summed E-state index contributed by atoms with van der Waals surface area (Å²) in [4.78, 5) is 16.1. The third-order valence-electron chi connectivity index (χ3n) is 3.99. The van der Waals surface area contributed by atoms with E-state index in [4.69, 9.17) is 11.6 Å². The monoisotopic (exact) mass is 379 g/mol. The van der Waals surface area contributed by atoms with Gasteiger partial charge in [-0.2, -0.15) is 5.10 Å². The molecule has 3 aromatic rings. The molecule has 0 atom stereocenters. The van der Waals surface area contributed by atoms with Crippen LogP contribution in [-0.2, 0) is 6.42 Å². The summed E-state index contributed by atoms with van der Waals surface area (Å²) in [5, 5.41) is 14.7. The van der Waals surface area contributed by atoms with Crippen LogP contribution in [0.25, 0.3) is 0 Å². The summed E-state index contributed by atoms with van der Waals surface area (Å²) >= 11 is 6.20. The van der Waals surface area contributed by atoms with Crippen LogP contribution in [0.2, 0.25) is 5.02 Å². The van der Waals surface area contributed by atoms with Crippen molar-refractivity contribution in [3.63, 3.8) is 0 Å². The second-order valence-electron chi connectivity index (χ2n) is 6.05. The molecule has 0 fully saturated rings. The lowest BCUT2D eigenvalue weighted by Crippen LogP contribution is -2.17. The number of aryl methyl sites for hydroxylation is 1. The smallest absolute Gasteiger partial charge is 0.272 e. The van der Waals surface area contributed by atoms with Crippen molar-refractivity contribution in [2.24, 2.45) is 5.10 Å². The second-order valence-corrected chi connectivity index (χ2v) is 6.46. The lowest BCUT2D eigenvalue weighted by Gasteiger charge is -2.07. The van der Waals surface area contributed by atoms with Gasteiger partial charge in [0.2, 0.25) is 0 Å². The average Bonchev–Trinajstić information content (AvgIpc) is 2.66. The molecule has 0 unspecified atom stereocenters. The predicted molar refractivity (Wildman–Crippen MR) is 106 cm³/mol. The Balaban J connectivity index is 1.70. The molecule has 27 heavy (non-hydrogen) atoms. The van der Waals surface area contributed by atoms with Crippen molar-refractivity contribution in [3.05, 3.63) is 93.8 Å². The number of nitrogens with one attached hydrogen (secondary N) is 1. The maximum atomic E-state index is 12.0. The first-order valence-corrected chi connectivity index (χ1v) is 8.72. The molecule has 0 bridgehead atoms. The molecular formula is C21H18ClN3O2. The van der Waals surface area contributed by atoms with Gasteiger partial charge in [-0.05, 0) is 54.8 Å². The van der Waals surface area contributed by atoms with E-state index in [9.17, 15) is 9.90 Å². The fourth-order valence-corrected chi connectivity index (χ4v) is 2.71. The van der Waals surface area contributed by atoms with E-state index < -0.39 is 0 Å². The molecule has 1 aromatic heterocycles. The number of carbonyl (C=O) groups excluding carboxylic acids is 1. The van der Waals surface area contributed by atoms with Crippen LogP contribution in [0.3, 0.4) is 0 Å². The predicted octanol–water partition coefficient (Wildman–Crippen LogP) is 4.10. The van der Waals surface area contributed by atoms with Gasteiger partial charge in [0.25, 0.3) is 5.91 Å². The van der Waals surface area contributed by atoms with Crippen molar-refractivity contribution in [3.8, 4) is 5.75 Å². The van der Waals surface area contributed by atoms with E-state index in [0.29, 0.717) is 22.6 Å². The second kappa shape index (κ2) is 8.47. The lowest BCUT2D eigenvalue weighted by molar-refractivity contribution is 0.0954. The minimum absolute atomic E-state index is 0.0768. The van der Waals surface area contributed by atoms with E-state index in [-0.39, 0.29) is 11.7 Å². The Morgan fingerprint density at radius 3 is 2.78 bits per heavy atom. The Morgan fingerprint density at radius 2 is 2.04 bits per heavy atom. The summed E-state index contributed by atoms with van der Waals surface area (Å²) in [6.07, 6.45) is 3.52. The molecule has 136 valence electrons. The van der Waals surface area contributed by atoms with E-state index in [1.807, 2.05) is 43.3 Å². The zero-order chi connectivity index (χ0) is 19.2. The van der Waals surface area contributed by atoms with E-state index >= 15 is 0 Å². The largest absolute Gasteiger partial charge is 0.507 e. The SMILES string of the molecule is Cc1ccc(C(=O)NN=Cc2cc(Cc3ccccc3Cl)ccc2O)cn1. The van der Waals surface area contributed by atoms with Gasteiger partial charge in [-0.15, -0.1) is 0 Å². The van der Waals surface area contributed by atoms with Gasteiger partial charge in [0.15, 0.2) is 0 Å². The van der Waals surface area contributed by atoms with Crippen LogP contribution < -0.4 is 5.43 Å². The number of phenolic OH excluding ortho intramolecular Hbond substituents is 1. The number of phenols is 1. The van der Waals surface area contributed by atoms with Gasteiger partial charge in [0, 0.05) is 22.5 Å². The molecular weight excluding hydrogens is 362 g/mol. The molecule has 0 spiro atoms. The fourth-order valence-electron chi connectivity index (χ4n) is 2.51. The zero-order valence-corrected chi connectivity index (χ0v) is 15.4. The zero-order valence-electron chi connectivity index (χ0n) is 14.7. The van der Waals surface area contributed by atoms with E-state index in [1.165, 1.54) is 12.4 Å². The molecule has 2 N–H and O–H groups in total. The van der Waals surface area contributed by atoms with Crippen LogP contribution in [0.1, 0.15) is 32.7 Å². The Hall–Kier alpha value is -3.18. The van der Waals surface area contributed by atoms with Gasteiger partial charge in [-0.1, -0.05) is 35.9 Å². The molecule has 3 rings (SSSR count). The Morgan fingerprint density at radius 1 is 1.22 bits per heavy atom. The highest BCUT2D eigenvalue weighted by Crippen LogP contribution is 2.22. The van der Waals surface area contributed by atoms with Gasteiger partial charge in [-0.3, -0.25) is 9.78 Å². The molecule has 1 amide bonds. The number of amides is 1. The first kappa shape index (κ1) is 18.6. The first-order valence-electron chi connectivity index (χ1n) is 8.34. The molecule has 0 aliphatic rings. The van der Waals surface area contributed by atoms with Gasteiger partial charge in [0.1, 0.15) is 5.75 Å². The molecule has 0 saturated heterocycles. The standard InChI is InChI=1S/C21H18ClN3O2/c1-14-6-8-17(12-23-14)21(27)25-24-13-18-11-15(7-9-20(18)26)10-16-4-2-3-5-19(16)22/h2-9,11-13,26H,10H2,1H3,(H,25,27). The third-order valence-corrected chi connectivity index (χ3v) is 4.36. The molecule has 0 aliphatic carbocycles. The highest BCUT2D eigenvalue weighted by Gasteiger charge is 2.06. The van der Waals surface area contributed by atoms with Gasteiger partial charge in [0.05, 0.1) is 11.8 Å². The normalized spacial score (nSPS) is 10.9. The summed E-state index contributed by atoms with van der Waals surface area (Å²) in [6.45, 7) is 1.85. The van der Waals surface area contributed by atoms with Crippen molar-refractivity contribution >= 4 is 23.7 Å². The third kappa shape index (κ3) is 4.92. The number of aromatic nitrogens is 1. The maximum Gasteiger partial charge on any atom is 0.272 e.